The molecule has 0 amide bonds. The summed E-state index contributed by atoms with van der Waals surface area (Å²) in [7, 11) is 1.97. The van der Waals surface area contributed by atoms with Crippen molar-refractivity contribution in [3.8, 4) is 0 Å². The minimum atomic E-state index is 0.422. The lowest BCUT2D eigenvalue weighted by Gasteiger charge is -2.26. The predicted molar refractivity (Wildman–Crippen MR) is 86.6 cm³/mol. The highest BCUT2D eigenvalue weighted by Crippen LogP contribution is 2.30. The van der Waals surface area contributed by atoms with E-state index >= 15 is 0 Å². The minimum Gasteiger partial charge on any atom is -0.304 e. The fraction of sp³-hybridized carbons (Fsp3) is 0.471. The topological polar surface area (TPSA) is 29.9 Å². The molecule has 0 aliphatic heterocycles. The van der Waals surface area contributed by atoms with Crippen molar-refractivity contribution in [3.63, 3.8) is 0 Å². The molecular weight excluding hydrogens is 282 g/mol. The molecule has 1 aliphatic rings. The highest BCUT2D eigenvalue weighted by atomic mass is 35.5. The molecule has 1 aromatic carbocycles. The van der Waals surface area contributed by atoms with Crippen LogP contribution in [0, 0.1) is 0 Å². The summed E-state index contributed by atoms with van der Waals surface area (Å²) in [5.41, 5.74) is 4.99. The Morgan fingerprint density at radius 1 is 1.38 bits per heavy atom. The van der Waals surface area contributed by atoms with Crippen LogP contribution in [0.25, 0.3) is 0 Å². The number of aromatic nitrogens is 2. The average Bonchev–Trinajstić information content (AvgIpc) is 2.79. The number of aryl methyl sites for hydroxylation is 3. The number of fused-ring (bicyclic) bond motifs is 1. The molecule has 3 rings (SSSR count). The Hall–Kier alpha value is -1.32. The first kappa shape index (κ1) is 14.6. The van der Waals surface area contributed by atoms with Crippen molar-refractivity contribution in [1.29, 1.82) is 0 Å². The lowest BCUT2D eigenvalue weighted by molar-refractivity contribution is 0.450. The second-order valence-electron chi connectivity index (χ2n) is 5.71. The first-order chi connectivity index (χ1) is 10.2. The number of nitrogens with zero attached hydrogens (tertiary/aromatic N) is 2. The van der Waals surface area contributed by atoms with E-state index in [2.05, 4.69) is 41.6 Å². The number of benzene rings is 1. The van der Waals surface area contributed by atoms with E-state index in [4.69, 9.17) is 11.6 Å². The second kappa shape index (κ2) is 6.20. The average molecular weight is 304 g/mol. The smallest absolute Gasteiger partial charge is 0.0863 e. The maximum atomic E-state index is 6.42. The summed E-state index contributed by atoms with van der Waals surface area (Å²) in [5.74, 6) is 0. The number of nitrogens with one attached hydrogen (secondary N) is 1. The van der Waals surface area contributed by atoms with E-state index in [1.807, 2.05) is 11.7 Å². The predicted octanol–water partition coefficient (Wildman–Crippen LogP) is 3.80. The number of hydrogen-bond acceptors (Lipinski definition) is 2. The van der Waals surface area contributed by atoms with Gasteiger partial charge in [0.15, 0.2) is 0 Å². The number of hydrogen-bond donors (Lipinski definition) is 1. The van der Waals surface area contributed by atoms with Gasteiger partial charge >= 0.3 is 0 Å². The zero-order chi connectivity index (χ0) is 14.8. The van der Waals surface area contributed by atoms with E-state index in [1.165, 1.54) is 30.4 Å². The third-order valence-electron chi connectivity index (χ3n) is 4.39. The Kier molecular flexibility index (Phi) is 4.32. The fourth-order valence-corrected chi connectivity index (χ4v) is 3.56. The van der Waals surface area contributed by atoms with Crippen molar-refractivity contribution in [2.45, 2.75) is 45.2 Å². The van der Waals surface area contributed by atoms with Crippen LogP contribution < -0.4 is 5.32 Å². The van der Waals surface area contributed by atoms with E-state index < -0.39 is 0 Å². The molecule has 2 aromatic rings. The van der Waals surface area contributed by atoms with Crippen molar-refractivity contribution < 1.29 is 0 Å². The third kappa shape index (κ3) is 2.85. The van der Waals surface area contributed by atoms with Crippen LogP contribution in [-0.4, -0.2) is 9.78 Å². The molecule has 1 atom stereocenters. The molecule has 0 spiro atoms. The van der Waals surface area contributed by atoms with Crippen molar-refractivity contribution in [2.75, 3.05) is 0 Å². The molecule has 1 N–H and O–H groups in total. The summed E-state index contributed by atoms with van der Waals surface area (Å²) in [6, 6.07) is 9.17. The molecule has 112 valence electrons. The monoisotopic (exact) mass is 303 g/mol. The van der Waals surface area contributed by atoms with Crippen LogP contribution in [0.3, 0.4) is 0 Å². The molecule has 1 unspecified atom stereocenters. The molecule has 1 heterocycles. The van der Waals surface area contributed by atoms with Crippen molar-refractivity contribution in [3.05, 3.63) is 51.8 Å². The minimum absolute atomic E-state index is 0.422. The fourth-order valence-electron chi connectivity index (χ4n) is 3.20. The molecule has 0 fully saturated rings. The molecular formula is C17H22ClN3. The molecule has 0 saturated heterocycles. The van der Waals surface area contributed by atoms with Gasteiger partial charge in [-0.1, -0.05) is 42.8 Å². The molecule has 0 bridgehead atoms. The summed E-state index contributed by atoms with van der Waals surface area (Å²) in [6.45, 7) is 2.85. The lowest BCUT2D eigenvalue weighted by atomic mass is 9.88. The number of halogens is 1. The van der Waals surface area contributed by atoms with Gasteiger partial charge in [-0.15, -0.1) is 0 Å². The Balaban J connectivity index is 1.76. The van der Waals surface area contributed by atoms with Crippen LogP contribution in [0.15, 0.2) is 24.3 Å². The van der Waals surface area contributed by atoms with Crippen LogP contribution in [-0.2, 0) is 26.4 Å². The van der Waals surface area contributed by atoms with Crippen molar-refractivity contribution >= 4 is 11.6 Å². The van der Waals surface area contributed by atoms with E-state index in [0.29, 0.717) is 6.04 Å². The van der Waals surface area contributed by atoms with Gasteiger partial charge in [-0.2, -0.15) is 5.10 Å². The van der Waals surface area contributed by atoms with Gasteiger partial charge in [-0.05, 0) is 36.8 Å². The van der Waals surface area contributed by atoms with E-state index in [1.54, 1.807) is 0 Å². The van der Waals surface area contributed by atoms with Gasteiger partial charge in [0.25, 0.3) is 0 Å². The molecule has 0 saturated carbocycles. The van der Waals surface area contributed by atoms with E-state index in [-0.39, 0.29) is 0 Å². The van der Waals surface area contributed by atoms with Crippen LogP contribution in [0.1, 0.15) is 48.3 Å². The third-order valence-corrected chi connectivity index (χ3v) is 4.82. The van der Waals surface area contributed by atoms with E-state index in [0.717, 1.165) is 29.4 Å². The quantitative estimate of drug-likeness (QED) is 0.931. The first-order valence-electron chi connectivity index (χ1n) is 7.72. The van der Waals surface area contributed by atoms with Crippen molar-refractivity contribution in [2.24, 2.45) is 7.05 Å². The largest absolute Gasteiger partial charge is 0.304 e. The zero-order valence-electron chi connectivity index (χ0n) is 12.7. The van der Waals surface area contributed by atoms with Crippen LogP contribution in [0.4, 0.5) is 0 Å². The normalized spacial score (nSPS) is 17.8. The maximum absolute atomic E-state index is 6.42. The Morgan fingerprint density at radius 3 is 2.95 bits per heavy atom. The molecule has 0 radical (unpaired) electrons. The zero-order valence-corrected chi connectivity index (χ0v) is 13.5. The first-order valence-corrected chi connectivity index (χ1v) is 8.10. The summed E-state index contributed by atoms with van der Waals surface area (Å²) in [4.78, 5) is 0. The van der Waals surface area contributed by atoms with Gasteiger partial charge in [-0.3, -0.25) is 4.68 Å². The van der Waals surface area contributed by atoms with Crippen molar-refractivity contribution in [1.82, 2.24) is 15.1 Å². The molecule has 21 heavy (non-hydrogen) atoms. The standard InChI is InChI=1S/C17H22ClN3/c1-3-14-17(18)16(21(2)20-14)11-19-15-10-6-8-12-7-4-5-9-13(12)15/h4-5,7,9,15,19H,3,6,8,10-11H2,1-2H3. The Morgan fingerprint density at radius 2 is 2.19 bits per heavy atom. The van der Waals surface area contributed by atoms with Gasteiger partial charge < -0.3 is 5.32 Å². The SMILES string of the molecule is CCc1nn(C)c(CNC2CCCc3ccccc32)c1Cl. The van der Waals surface area contributed by atoms with Gasteiger partial charge in [0.05, 0.1) is 16.4 Å². The Bertz CT molecular complexity index is 633. The summed E-state index contributed by atoms with van der Waals surface area (Å²) in [6.07, 6.45) is 4.50. The Labute approximate surface area is 131 Å². The highest BCUT2D eigenvalue weighted by Gasteiger charge is 2.20. The van der Waals surface area contributed by atoms with Gasteiger partial charge in [-0.25, -0.2) is 0 Å². The van der Waals surface area contributed by atoms with Crippen LogP contribution in [0.2, 0.25) is 5.02 Å². The van der Waals surface area contributed by atoms with Gasteiger partial charge in [0.2, 0.25) is 0 Å². The van der Waals surface area contributed by atoms with Gasteiger partial charge in [0, 0.05) is 19.6 Å². The molecule has 1 aromatic heterocycles. The van der Waals surface area contributed by atoms with E-state index in [9.17, 15) is 0 Å². The maximum Gasteiger partial charge on any atom is 0.0863 e. The highest BCUT2D eigenvalue weighted by molar-refractivity contribution is 6.31. The molecule has 4 heteroatoms. The molecule has 3 nitrogen and oxygen atoms in total. The van der Waals surface area contributed by atoms with Crippen LogP contribution in [0.5, 0.6) is 0 Å². The summed E-state index contributed by atoms with van der Waals surface area (Å²) >= 11 is 6.42. The second-order valence-corrected chi connectivity index (χ2v) is 6.09. The lowest BCUT2D eigenvalue weighted by Crippen LogP contribution is -2.25. The number of rotatable bonds is 4. The summed E-state index contributed by atoms with van der Waals surface area (Å²) in [5, 5.41) is 8.97. The van der Waals surface area contributed by atoms with Crippen LogP contribution >= 0.6 is 11.6 Å². The summed E-state index contributed by atoms with van der Waals surface area (Å²) < 4.78 is 1.91. The molecule has 1 aliphatic carbocycles. The van der Waals surface area contributed by atoms with Gasteiger partial charge in [0.1, 0.15) is 0 Å².